The van der Waals surface area contributed by atoms with Gasteiger partial charge in [0, 0.05) is 0 Å². The van der Waals surface area contributed by atoms with Gasteiger partial charge in [0.1, 0.15) is 30.2 Å². The molecule has 0 aromatic carbocycles. The maximum atomic E-state index is 12.2. The number of ether oxygens (including phenoxy) is 1. The van der Waals surface area contributed by atoms with Crippen molar-refractivity contribution in [2.75, 3.05) is 18.2 Å². The van der Waals surface area contributed by atoms with E-state index < -0.39 is 67.9 Å². The molecular weight excluding hydrogens is 566 g/mol. The van der Waals surface area contributed by atoms with Crippen LogP contribution in [0.4, 0.5) is 5.82 Å². The van der Waals surface area contributed by atoms with Gasteiger partial charge in [-0.1, -0.05) is 0 Å². The lowest BCUT2D eigenvalue weighted by Gasteiger charge is -2.20. The average Bonchev–Trinajstić information content (AvgIpc) is 3.19. The molecule has 35 heavy (non-hydrogen) atoms. The number of hydrogen-bond acceptors (Lipinski definition) is 14. The standard InChI is InChI=1S/C11H19N5O15P4/c12-9-6-10(14-2-13-9)16(3-15-6)11-8(18)7(17)5(29-11)1-28-32(19,20)4-33(21,22)30-35(26,27)31-34(23,24)25/h2-3,5,7-8,11,17-18H,1,4H2,(H,19,20)(H,21,22)(H,26,27)(H2,12,13,14)(H2,23,24,25)/t5-,7-,8-,11-/m1/s1. The van der Waals surface area contributed by atoms with Gasteiger partial charge in [-0.15, -0.1) is 0 Å². The first-order chi connectivity index (χ1) is 15.9. The highest BCUT2D eigenvalue weighted by Crippen LogP contribution is 2.69. The minimum absolute atomic E-state index is 0.0251. The quantitative estimate of drug-likeness (QED) is 0.149. The Hall–Kier alpha value is -1.17. The molecule has 0 saturated carbocycles. The second-order valence-corrected chi connectivity index (χ2v) is 14.1. The smallest absolute Gasteiger partial charge is 0.387 e. The van der Waals surface area contributed by atoms with Crippen molar-refractivity contribution >= 4 is 47.8 Å². The van der Waals surface area contributed by atoms with E-state index in [1.54, 1.807) is 0 Å². The van der Waals surface area contributed by atoms with Crippen molar-refractivity contribution in [3.8, 4) is 0 Å². The van der Waals surface area contributed by atoms with Gasteiger partial charge in [0.25, 0.3) is 0 Å². The molecule has 3 rings (SSSR count). The summed E-state index contributed by atoms with van der Waals surface area (Å²) >= 11 is 0. The van der Waals surface area contributed by atoms with Crippen LogP contribution in [0, 0.1) is 0 Å². The third kappa shape index (κ3) is 7.20. The zero-order valence-electron chi connectivity index (χ0n) is 16.9. The topological polar surface area (TPSA) is 316 Å². The van der Waals surface area contributed by atoms with Crippen molar-refractivity contribution in [3.63, 3.8) is 0 Å². The Balaban J connectivity index is 1.65. The van der Waals surface area contributed by atoms with Gasteiger partial charge in [0.2, 0.25) is 0 Å². The largest absolute Gasteiger partial charge is 0.488 e. The number of fused-ring (bicyclic) bond motifs is 1. The maximum absolute atomic E-state index is 12.2. The predicted octanol–water partition coefficient (Wildman–Crippen LogP) is -1.40. The number of nitrogen functional groups attached to an aromatic ring is 1. The number of phosphoric acid groups is 2. The normalized spacial score (nSPS) is 28.4. The maximum Gasteiger partial charge on any atom is 0.488 e. The lowest BCUT2D eigenvalue weighted by Crippen LogP contribution is -2.33. The molecule has 0 radical (unpaired) electrons. The van der Waals surface area contributed by atoms with Crippen molar-refractivity contribution in [3.05, 3.63) is 12.7 Å². The Morgan fingerprint density at radius 3 is 2.26 bits per heavy atom. The second-order valence-electron chi connectivity index (χ2n) is 6.96. The zero-order valence-corrected chi connectivity index (χ0v) is 20.5. The van der Waals surface area contributed by atoms with E-state index in [-0.39, 0.29) is 17.0 Å². The van der Waals surface area contributed by atoms with Crippen LogP contribution in [-0.2, 0) is 36.1 Å². The Morgan fingerprint density at radius 1 is 0.971 bits per heavy atom. The van der Waals surface area contributed by atoms with E-state index >= 15 is 0 Å². The zero-order chi connectivity index (χ0) is 26.4. The summed E-state index contributed by atoms with van der Waals surface area (Å²) in [6.07, 6.45) is -3.79. The number of nitrogens with two attached hydrogens (primary N) is 1. The monoisotopic (exact) mass is 585 g/mol. The molecule has 1 aliphatic heterocycles. The fraction of sp³-hybridized carbons (Fsp3) is 0.545. The summed E-state index contributed by atoms with van der Waals surface area (Å²) < 4.78 is 64.4. The Labute approximate surface area is 194 Å². The molecule has 20 nitrogen and oxygen atoms in total. The van der Waals surface area contributed by atoms with E-state index in [0.717, 1.165) is 6.33 Å². The first-order valence-corrected chi connectivity index (χ1v) is 15.5. The first kappa shape index (κ1) is 28.4. The summed E-state index contributed by atoms with van der Waals surface area (Å²) in [5, 5.41) is 20.6. The first-order valence-electron chi connectivity index (χ1n) is 8.93. The third-order valence-electron chi connectivity index (χ3n) is 4.24. The van der Waals surface area contributed by atoms with Gasteiger partial charge in [-0.3, -0.25) is 13.7 Å². The van der Waals surface area contributed by atoms with Crippen LogP contribution in [0.1, 0.15) is 6.23 Å². The molecule has 2 aromatic rings. The van der Waals surface area contributed by atoms with Crippen LogP contribution in [0.15, 0.2) is 12.7 Å². The van der Waals surface area contributed by atoms with Crippen molar-refractivity contribution in [1.82, 2.24) is 19.5 Å². The minimum Gasteiger partial charge on any atom is -0.387 e. The Kier molecular flexibility index (Phi) is 8.07. The number of hydrogen-bond donors (Lipinski definition) is 8. The van der Waals surface area contributed by atoms with E-state index in [0.29, 0.717) is 0 Å². The summed E-state index contributed by atoms with van der Waals surface area (Å²) in [7, 11) is -22.1. The second kappa shape index (κ2) is 9.95. The number of aliphatic hydroxyl groups excluding tert-OH is 2. The highest BCUT2D eigenvalue weighted by atomic mass is 31.3. The number of aromatic nitrogens is 4. The highest BCUT2D eigenvalue weighted by molar-refractivity contribution is 7.75. The van der Waals surface area contributed by atoms with Gasteiger partial charge in [-0.2, -0.15) is 4.31 Å². The molecular formula is C11H19N5O15P4. The molecule has 0 aliphatic carbocycles. The molecule has 0 bridgehead atoms. The van der Waals surface area contributed by atoms with Crippen molar-refractivity contribution in [2.24, 2.45) is 0 Å². The number of nitrogens with zero attached hydrogens (tertiary/aromatic N) is 4. The van der Waals surface area contributed by atoms with Crippen LogP contribution in [0.3, 0.4) is 0 Å². The van der Waals surface area contributed by atoms with Crippen LogP contribution < -0.4 is 5.73 Å². The molecule has 9 N–H and O–H groups in total. The van der Waals surface area contributed by atoms with Gasteiger partial charge in [0.15, 0.2) is 23.6 Å². The number of rotatable bonds is 10. The predicted molar refractivity (Wildman–Crippen MR) is 110 cm³/mol. The van der Waals surface area contributed by atoms with Gasteiger partial charge in [-0.05, 0) is 0 Å². The molecule has 0 amide bonds. The fourth-order valence-electron chi connectivity index (χ4n) is 2.95. The molecule has 1 saturated heterocycles. The van der Waals surface area contributed by atoms with Crippen LogP contribution in [0.5, 0.6) is 0 Å². The SMILES string of the molecule is Nc1ncnc2c1ncn2[C@@H]1O[C@H](COP(=O)(O)CP(=O)(O)OP(=O)(O)OP(=O)(O)O)[C@@H](O)[C@H]1O. The third-order valence-corrected chi connectivity index (χ3v) is 11.2. The van der Waals surface area contributed by atoms with Gasteiger partial charge < -0.3 is 49.7 Å². The number of aliphatic hydroxyl groups is 2. The molecule has 1 aliphatic rings. The minimum atomic E-state index is -5.83. The lowest BCUT2D eigenvalue weighted by molar-refractivity contribution is -0.0483. The molecule has 2 aromatic heterocycles. The van der Waals surface area contributed by atoms with E-state index in [1.807, 2.05) is 0 Å². The van der Waals surface area contributed by atoms with E-state index in [4.69, 9.17) is 25.2 Å². The highest BCUT2D eigenvalue weighted by Gasteiger charge is 2.47. The molecule has 3 unspecified atom stereocenters. The molecule has 1 fully saturated rings. The van der Waals surface area contributed by atoms with Crippen molar-refractivity contribution < 1.29 is 70.8 Å². The van der Waals surface area contributed by atoms with E-state index in [9.17, 15) is 38.3 Å². The summed E-state index contributed by atoms with van der Waals surface area (Å²) in [6, 6.07) is 0. The number of anilines is 1. The van der Waals surface area contributed by atoms with Crippen LogP contribution in [0.2, 0.25) is 0 Å². The summed E-state index contributed by atoms with van der Waals surface area (Å²) in [5.74, 6) is -1.79. The summed E-state index contributed by atoms with van der Waals surface area (Å²) in [5.41, 5.74) is 5.98. The van der Waals surface area contributed by atoms with E-state index in [2.05, 4.69) is 28.1 Å². The Morgan fingerprint density at radius 2 is 1.63 bits per heavy atom. The molecule has 24 heteroatoms. The number of imidazole rings is 1. The molecule has 198 valence electrons. The summed E-state index contributed by atoms with van der Waals surface area (Å²) in [6.45, 7) is -0.929. The Bertz CT molecular complexity index is 1280. The van der Waals surface area contributed by atoms with Crippen molar-refractivity contribution in [2.45, 2.75) is 24.5 Å². The molecule has 3 heterocycles. The van der Waals surface area contributed by atoms with Gasteiger partial charge in [-0.25, -0.2) is 28.4 Å². The van der Waals surface area contributed by atoms with E-state index in [1.165, 1.54) is 10.9 Å². The summed E-state index contributed by atoms with van der Waals surface area (Å²) in [4.78, 5) is 57.2. The molecule has 7 atom stereocenters. The van der Waals surface area contributed by atoms with Crippen LogP contribution in [0.25, 0.3) is 11.2 Å². The van der Waals surface area contributed by atoms with Crippen LogP contribution >= 0.6 is 30.8 Å². The van der Waals surface area contributed by atoms with Crippen molar-refractivity contribution in [1.29, 1.82) is 0 Å². The van der Waals surface area contributed by atoms with Gasteiger partial charge in [0.05, 0.1) is 12.9 Å². The lowest BCUT2D eigenvalue weighted by atomic mass is 10.1. The molecule has 0 spiro atoms. The van der Waals surface area contributed by atoms with Gasteiger partial charge >= 0.3 is 30.8 Å². The average molecular weight is 585 g/mol. The fourth-order valence-corrected chi connectivity index (χ4v) is 8.88. The van der Waals surface area contributed by atoms with Crippen LogP contribution in [-0.4, -0.2) is 85.0 Å².